The minimum atomic E-state index is 0.507. The molecular weight excluding hydrogens is 248 g/mol. The molecule has 0 aliphatic heterocycles. The van der Waals surface area contributed by atoms with Crippen LogP contribution in [-0.4, -0.2) is 16.6 Å². The Hall–Kier alpha value is -1.45. The van der Waals surface area contributed by atoms with E-state index in [0.717, 1.165) is 25.0 Å². The molecule has 0 atom stereocenters. The van der Waals surface area contributed by atoms with Crippen molar-refractivity contribution < 1.29 is 4.74 Å². The molecule has 0 saturated heterocycles. The van der Waals surface area contributed by atoms with E-state index in [2.05, 4.69) is 9.97 Å². The van der Waals surface area contributed by atoms with E-state index in [1.165, 1.54) is 5.56 Å². The van der Waals surface area contributed by atoms with Crippen molar-refractivity contribution in [1.29, 1.82) is 0 Å². The zero-order valence-electron chi connectivity index (χ0n) is 10.1. The number of rotatable bonds is 6. The fraction of sp³-hybridized carbons (Fsp3) is 0.286. The van der Waals surface area contributed by atoms with E-state index in [0.29, 0.717) is 11.8 Å². The third-order valence-electron chi connectivity index (χ3n) is 2.56. The van der Waals surface area contributed by atoms with Gasteiger partial charge in [-0.3, -0.25) is 4.98 Å². The van der Waals surface area contributed by atoms with E-state index in [-0.39, 0.29) is 0 Å². The van der Waals surface area contributed by atoms with E-state index < -0.39 is 0 Å². The lowest BCUT2D eigenvalue weighted by Crippen LogP contribution is -1.98. The van der Waals surface area contributed by atoms with Gasteiger partial charge in [-0.15, -0.1) is 0 Å². The predicted octanol–water partition coefficient (Wildman–Crippen LogP) is 3.28. The van der Waals surface area contributed by atoms with Gasteiger partial charge < -0.3 is 4.74 Å². The number of aryl methyl sites for hydroxylation is 1. The van der Waals surface area contributed by atoms with Gasteiger partial charge in [0.1, 0.15) is 5.15 Å². The van der Waals surface area contributed by atoms with Crippen LogP contribution in [-0.2, 0) is 17.8 Å². The lowest BCUT2D eigenvalue weighted by molar-refractivity contribution is 0.118. The van der Waals surface area contributed by atoms with Crippen LogP contribution in [0, 0.1) is 0 Å². The van der Waals surface area contributed by atoms with Gasteiger partial charge in [0.2, 0.25) is 0 Å². The Bertz CT molecular complexity index is 476. The molecule has 0 radical (unpaired) electrons. The highest BCUT2D eigenvalue weighted by Crippen LogP contribution is 2.08. The predicted molar refractivity (Wildman–Crippen MR) is 71.5 cm³/mol. The highest BCUT2D eigenvalue weighted by atomic mass is 35.5. The third kappa shape index (κ3) is 4.43. The Kier molecular flexibility index (Phi) is 5.12. The summed E-state index contributed by atoms with van der Waals surface area (Å²) in [7, 11) is 0. The SMILES string of the molecule is Clc1cc(COCCCc2ccncc2)ccn1. The van der Waals surface area contributed by atoms with Crippen molar-refractivity contribution in [2.24, 2.45) is 0 Å². The maximum absolute atomic E-state index is 5.79. The standard InChI is InChI=1S/C14H15ClN2O/c15-14-10-13(5-8-17-14)11-18-9-1-2-12-3-6-16-7-4-12/h3-8,10H,1-2,9,11H2. The fourth-order valence-electron chi connectivity index (χ4n) is 1.65. The lowest BCUT2D eigenvalue weighted by Gasteiger charge is -2.04. The second kappa shape index (κ2) is 7.09. The topological polar surface area (TPSA) is 35.0 Å². The number of nitrogens with zero attached hydrogens (tertiary/aromatic N) is 2. The summed E-state index contributed by atoms with van der Waals surface area (Å²) in [4.78, 5) is 7.92. The summed E-state index contributed by atoms with van der Waals surface area (Å²) in [5, 5.41) is 0.507. The first kappa shape index (κ1) is 13.0. The summed E-state index contributed by atoms with van der Waals surface area (Å²) < 4.78 is 5.59. The first-order chi connectivity index (χ1) is 8.84. The fourth-order valence-corrected chi connectivity index (χ4v) is 1.85. The van der Waals surface area contributed by atoms with Gasteiger partial charge in [0, 0.05) is 25.2 Å². The zero-order valence-corrected chi connectivity index (χ0v) is 10.8. The molecule has 4 heteroatoms. The monoisotopic (exact) mass is 262 g/mol. The maximum atomic E-state index is 5.79. The molecular formula is C14H15ClN2O. The highest BCUT2D eigenvalue weighted by molar-refractivity contribution is 6.29. The van der Waals surface area contributed by atoms with E-state index in [1.54, 1.807) is 6.20 Å². The summed E-state index contributed by atoms with van der Waals surface area (Å²) in [6.07, 6.45) is 7.34. The van der Waals surface area contributed by atoms with E-state index in [1.807, 2.05) is 36.7 Å². The molecule has 0 bridgehead atoms. The molecule has 0 spiro atoms. The molecule has 94 valence electrons. The highest BCUT2D eigenvalue weighted by Gasteiger charge is 1.96. The summed E-state index contributed by atoms with van der Waals surface area (Å²) in [5.41, 5.74) is 2.35. The first-order valence-electron chi connectivity index (χ1n) is 5.92. The minimum absolute atomic E-state index is 0.507. The van der Waals surface area contributed by atoms with Crippen LogP contribution in [0.25, 0.3) is 0 Å². The molecule has 0 fully saturated rings. The van der Waals surface area contributed by atoms with Crippen LogP contribution in [0.3, 0.4) is 0 Å². The van der Waals surface area contributed by atoms with Crippen molar-refractivity contribution in [3.8, 4) is 0 Å². The van der Waals surface area contributed by atoms with Crippen LogP contribution in [0.1, 0.15) is 17.5 Å². The lowest BCUT2D eigenvalue weighted by atomic mass is 10.1. The minimum Gasteiger partial charge on any atom is -0.377 e. The first-order valence-corrected chi connectivity index (χ1v) is 6.29. The molecule has 0 aromatic carbocycles. The normalized spacial score (nSPS) is 10.5. The third-order valence-corrected chi connectivity index (χ3v) is 2.77. The van der Waals surface area contributed by atoms with Gasteiger partial charge in [0.15, 0.2) is 0 Å². The van der Waals surface area contributed by atoms with Gasteiger partial charge in [0.25, 0.3) is 0 Å². The molecule has 0 amide bonds. The van der Waals surface area contributed by atoms with Crippen LogP contribution >= 0.6 is 11.6 Å². The Morgan fingerprint density at radius 2 is 1.83 bits per heavy atom. The number of hydrogen-bond acceptors (Lipinski definition) is 3. The molecule has 3 nitrogen and oxygen atoms in total. The molecule has 2 aromatic heterocycles. The van der Waals surface area contributed by atoms with E-state index >= 15 is 0 Å². The van der Waals surface area contributed by atoms with Crippen molar-refractivity contribution in [3.05, 3.63) is 59.1 Å². The molecule has 18 heavy (non-hydrogen) atoms. The van der Waals surface area contributed by atoms with Crippen molar-refractivity contribution >= 4 is 11.6 Å². The number of hydrogen-bond donors (Lipinski definition) is 0. The molecule has 2 aromatic rings. The van der Waals surface area contributed by atoms with Gasteiger partial charge in [-0.2, -0.15) is 0 Å². The number of aromatic nitrogens is 2. The van der Waals surface area contributed by atoms with E-state index in [4.69, 9.17) is 16.3 Å². The van der Waals surface area contributed by atoms with Gasteiger partial charge >= 0.3 is 0 Å². The van der Waals surface area contributed by atoms with Crippen molar-refractivity contribution in [2.45, 2.75) is 19.4 Å². The van der Waals surface area contributed by atoms with Gasteiger partial charge in [-0.25, -0.2) is 4.98 Å². The van der Waals surface area contributed by atoms with Crippen molar-refractivity contribution in [1.82, 2.24) is 9.97 Å². The number of ether oxygens (including phenoxy) is 1. The Morgan fingerprint density at radius 1 is 1.06 bits per heavy atom. The second-order valence-corrected chi connectivity index (χ2v) is 4.39. The number of pyridine rings is 2. The Morgan fingerprint density at radius 3 is 2.61 bits per heavy atom. The largest absolute Gasteiger partial charge is 0.377 e. The Balaban J connectivity index is 1.65. The molecule has 0 aliphatic carbocycles. The van der Waals surface area contributed by atoms with Crippen LogP contribution in [0.2, 0.25) is 5.15 Å². The zero-order chi connectivity index (χ0) is 12.6. The quantitative estimate of drug-likeness (QED) is 0.592. The second-order valence-electron chi connectivity index (χ2n) is 4.00. The van der Waals surface area contributed by atoms with Crippen molar-refractivity contribution in [3.63, 3.8) is 0 Å². The molecule has 2 rings (SSSR count). The van der Waals surface area contributed by atoms with E-state index in [9.17, 15) is 0 Å². The molecule has 2 heterocycles. The summed E-state index contributed by atoms with van der Waals surface area (Å²) in [6, 6.07) is 7.80. The smallest absolute Gasteiger partial charge is 0.129 e. The molecule has 0 N–H and O–H groups in total. The molecule has 0 unspecified atom stereocenters. The molecule has 0 saturated carbocycles. The van der Waals surface area contributed by atoms with Gasteiger partial charge in [0.05, 0.1) is 6.61 Å². The summed E-state index contributed by atoms with van der Waals surface area (Å²) >= 11 is 5.79. The average Bonchev–Trinajstić information content (AvgIpc) is 2.40. The van der Waals surface area contributed by atoms with Crippen LogP contribution in [0.4, 0.5) is 0 Å². The average molecular weight is 263 g/mol. The van der Waals surface area contributed by atoms with Crippen LogP contribution < -0.4 is 0 Å². The molecule has 0 aliphatic rings. The number of halogens is 1. The van der Waals surface area contributed by atoms with Crippen LogP contribution in [0.5, 0.6) is 0 Å². The Labute approximate surface area is 112 Å². The van der Waals surface area contributed by atoms with Gasteiger partial charge in [-0.05, 0) is 48.2 Å². The van der Waals surface area contributed by atoms with Crippen LogP contribution in [0.15, 0.2) is 42.9 Å². The summed E-state index contributed by atoms with van der Waals surface area (Å²) in [5.74, 6) is 0. The van der Waals surface area contributed by atoms with Crippen molar-refractivity contribution in [2.75, 3.05) is 6.61 Å². The summed E-state index contributed by atoms with van der Waals surface area (Å²) in [6.45, 7) is 1.32. The maximum Gasteiger partial charge on any atom is 0.129 e. The van der Waals surface area contributed by atoms with Gasteiger partial charge in [-0.1, -0.05) is 11.6 Å².